The van der Waals surface area contributed by atoms with Gasteiger partial charge >= 0.3 is 0 Å². The Morgan fingerprint density at radius 2 is 2.11 bits per heavy atom. The van der Waals surface area contributed by atoms with E-state index in [9.17, 15) is 9.59 Å². The maximum atomic E-state index is 10.5. The minimum Gasteiger partial charge on any atom is -0.365 e. The van der Waals surface area contributed by atoms with E-state index >= 15 is 0 Å². The van der Waals surface area contributed by atoms with Crippen LogP contribution in [0.2, 0.25) is 0 Å². The summed E-state index contributed by atoms with van der Waals surface area (Å²) in [5.41, 5.74) is 0. The molecule has 4 heteroatoms. The standard InChI is InChI=1S/C5H9O3P/c1-4(6)5(7)2-3-8-9/h2-3,9H2,1H3. The maximum Gasteiger partial charge on any atom is 0.200 e. The highest BCUT2D eigenvalue weighted by molar-refractivity contribution is 7.09. The summed E-state index contributed by atoms with van der Waals surface area (Å²) in [7, 11) is 2.01. The van der Waals surface area contributed by atoms with Crippen molar-refractivity contribution in [3.8, 4) is 0 Å². The Bertz CT molecular complexity index is 121. The lowest BCUT2D eigenvalue weighted by atomic mass is 10.2. The van der Waals surface area contributed by atoms with Gasteiger partial charge in [0.25, 0.3) is 0 Å². The normalized spacial score (nSPS) is 9.11. The summed E-state index contributed by atoms with van der Waals surface area (Å²) in [5, 5.41) is 0. The summed E-state index contributed by atoms with van der Waals surface area (Å²) in [4.78, 5) is 20.7. The van der Waals surface area contributed by atoms with E-state index in [1.54, 1.807) is 0 Å². The van der Waals surface area contributed by atoms with E-state index in [2.05, 4.69) is 4.52 Å². The molecule has 0 heterocycles. The van der Waals surface area contributed by atoms with Crippen molar-refractivity contribution in [1.29, 1.82) is 0 Å². The molecule has 52 valence electrons. The molecule has 0 radical (unpaired) electrons. The van der Waals surface area contributed by atoms with Crippen LogP contribution >= 0.6 is 9.47 Å². The molecule has 1 atom stereocenters. The van der Waals surface area contributed by atoms with Gasteiger partial charge in [0, 0.05) is 22.8 Å². The molecule has 9 heavy (non-hydrogen) atoms. The van der Waals surface area contributed by atoms with Gasteiger partial charge < -0.3 is 4.52 Å². The molecule has 0 aliphatic carbocycles. The molecule has 0 aromatic heterocycles. The third-order valence-corrected chi connectivity index (χ3v) is 1.08. The molecule has 0 N–H and O–H groups in total. The predicted octanol–water partition coefficient (Wildman–Crippen LogP) is 0.341. The van der Waals surface area contributed by atoms with E-state index in [0.29, 0.717) is 6.61 Å². The summed E-state index contributed by atoms with van der Waals surface area (Å²) < 4.78 is 4.51. The fourth-order valence-corrected chi connectivity index (χ4v) is 0.446. The number of hydrogen-bond donors (Lipinski definition) is 0. The van der Waals surface area contributed by atoms with Crippen molar-refractivity contribution in [1.82, 2.24) is 0 Å². The average Bonchev–Trinajstić information content (AvgIpc) is 1.82. The first-order valence-electron chi connectivity index (χ1n) is 2.54. The van der Waals surface area contributed by atoms with Gasteiger partial charge in [-0.3, -0.25) is 9.59 Å². The maximum absolute atomic E-state index is 10.5. The van der Waals surface area contributed by atoms with E-state index < -0.39 is 5.78 Å². The Morgan fingerprint density at radius 3 is 2.44 bits per heavy atom. The van der Waals surface area contributed by atoms with Gasteiger partial charge in [-0.25, -0.2) is 0 Å². The van der Waals surface area contributed by atoms with Gasteiger partial charge in [-0.05, 0) is 0 Å². The van der Waals surface area contributed by atoms with Crippen LogP contribution < -0.4 is 0 Å². The largest absolute Gasteiger partial charge is 0.365 e. The second kappa shape index (κ2) is 4.59. The smallest absolute Gasteiger partial charge is 0.200 e. The molecule has 0 bridgehead atoms. The van der Waals surface area contributed by atoms with Crippen LogP contribution in [0, 0.1) is 0 Å². The predicted molar refractivity (Wildman–Crippen MR) is 36.0 cm³/mol. The zero-order chi connectivity index (χ0) is 7.28. The molecule has 0 aliphatic rings. The molecular formula is C5H9O3P. The number of carbonyl (C=O) groups excluding carboxylic acids is 2. The Hall–Kier alpha value is -0.270. The summed E-state index contributed by atoms with van der Waals surface area (Å²) in [6.45, 7) is 1.55. The summed E-state index contributed by atoms with van der Waals surface area (Å²) in [6.07, 6.45) is 0.179. The Morgan fingerprint density at radius 1 is 1.56 bits per heavy atom. The lowest BCUT2D eigenvalue weighted by Crippen LogP contribution is -2.10. The monoisotopic (exact) mass is 148 g/mol. The molecule has 0 aromatic rings. The third kappa shape index (κ3) is 4.25. The van der Waals surface area contributed by atoms with Gasteiger partial charge in [0.05, 0.1) is 6.61 Å². The van der Waals surface area contributed by atoms with Crippen LogP contribution in [0.25, 0.3) is 0 Å². The van der Waals surface area contributed by atoms with Crippen LogP contribution in [-0.2, 0) is 14.1 Å². The Labute approximate surface area is 56.1 Å². The van der Waals surface area contributed by atoms with Gasteiger partial charge in [0.15, 0.2) is 11.6 Å². The molecular weight excluding hydrogens is 139 g/mol. The van der Waals surface area contributed by atoms with Crippen molar-refractivity contribution in [2.45, 2.75) is 13.3 Å². The van der Waals surface area contributed by atoms with Crippen LogP contribution in [0.1, 0.15) is 13.3 Å². The third-order valence-electron chi connectivity index (χ3n) is 0.840. The van der Waals surface area contributed by atoms with Crippen LogP contribution in [0.15, 0.2) is 0 Å². The van der Waals surface area contributed by atoms with Crippen molar-refractivity contribution < 1.29 is 14.1 Å². The fourth-order valence-electron chi connectivity index (χ4n) is 0.328. The first-order chi connectivity index (χ1) is 4.18. The van der Waals surface area contributed by atoms with E-state index in [1.165, 1.54) is 6.92 Å². The zero-order valence-electron chi connectivity index (χ0n) is 5.22. The highest BCUT2D eigenvalue weighted by Crippen LogP contribution is 1.90. The summed E-state index contributed by atoms with van der Waals surface area (Å²) in [5.74, 6) is -0.783. The molecule has 0 aromatic carbocycles. The van der Waals surface area contributed by atoms with Gasteiger partial charge in [-0.2, -0.15) is 0 Å². The van der Waals surface area contributed by atoms with Crippen molar-refractivity contribution in [2.24, 2.45) is 0 Å². The first-order valence-corrected chi connectivity index (χ1v) is 3.01. The Kier molecular flexibility index (Phi) is 4.46. The lowest BCUT2D eigenvalue weighted by molar-refractivity contribution is -0.135. The van der Waals surface area contributed by atoms with Crippen LogP contribution in [0.4, 0.5) is 0 Å². The van der Waals surface area contributed by atoms with Crippen LogP contribution in [0.3, 0.4) is 0 Å². The second-order valence-corrected chi connectivity index (χ2v) is 1.93. The number of rotatable bonds is 4. The molecule has 1 unspecified atom stereocenters. The second-order valence-electron chi connectivity index (χ2n) is 1.60. The molecule has 3 nitrogen and oxygen atoms in total. The average molecular weight is 148 g/mol. The van der Waals surface area contributed by atoms with E-state index in [0.717, 1.165) is 0 Å². The van der Waals surface area contributed by atoms with Gasteiger partial charge in [-0.15, -0.1) is 0 Å². The highest BCUT2D eigenvalue weighted by Gasteiger charge is 2.05. The van der Waals surface area contributed by atoms with Crippen molar-refractivity contribution in [3.05, 3.63) is 0 Å². The summed E-state index contributed by atoms with van der Waals surface area (Å²) in [6, 6.07) is 0. The van der Waals surface area contributed by atoms with Crippen LogP contribution in [0.5, 0.6) is 0 Å². The van der Waals surface area contributed by atoms with Gasteiger partial charge in [0.1, 0.15) is 0 Å². The SMILES string of the molecule is CC(=O)C(=O)CCOP. The van der Waals surface area contributed by atoms with Gasteiger partial charge in [-0.1, -0.05) is 0 Å². The molecule has 0 spiro atoms. The summed E-state index contributed by atoms with van der Waals surface area (Å²) >= 11 is 0. The zero-order valence-corrected chi connectivity index (χ0v) is 6.37. The van der Waals surface area contributed by atoms with Crippen molar-refractivity contribution in [3.63, 3.8) is 0 Å². The molecule has 0 saturated carbocycles. The van der Waals surface area contributed by atoms with E-state index in [1.807, 2.05) is 9.47 Å². The quantitative estimate of drug-likeness (QED) is 0.426. The molecule has 0 aliphatic heterocycles. The van der Waals surface area contributed by atoms with Crippen molar-refractivity contribution in [2.75, 3.05) is 6.61 Å². The van der Waals surface area contributed by atoms with E-state index in [4.69, 9.17) is 0 Å². The van der Waals surface area contributed by atoms with Crippen LogP contribution in [-0.4, -0.2) is 18.2 Å². The Balaban J connectivity index is 3.39. The number of Topliss-reactive ketones (excluding diaryl/α,β-unsaturated/α-hetero) is 2. The topological polar surface area (TPSA) is 43.4 Å². The fraction of sp³-hybridized carbons (Fsp3) is 0.600. The molecule has 0 rings (SSSR count). The lowest BCUT2D eigenvalue weighted by Gasteiger charge is -1.92. The molecule has 0 amide bonds. The minimum absolute atomic E-state index is 0.179. The minimum atomic E-state index is -0.406. The first kappa shape index (κ1) is 8.73. The number of hydrogen-bond acceptors (Lipinski definition) is 3. The highest BCUT2D eigenvalue weighted by atomic mass is 31.0. The van der Waals surface area contributed by atoms with E-state index in [-0.39, 0.29) is 12.2 Å². The van der Waals surface area contributed by atoms with Crippen molar-refractivity contribution >= 4 is 21.0 Å². The molecule has 0 fully saturated rings. The number of carbonyl (C=O) groups is 2. The number of ketones is 2. The van der Waals surface area contributed by atoms with Gasteiger partial charge in [0.2, 0.25) is 0 Å². The molecule has 0 saturated heterocycles.